The molecule has 0 aliphatic carbocycles. The van der Waals surface area contributed by atoms with Gasteiger partial charge < -0.3 is 4.74 Å². The van der Waals surface area contributed by atoms with Gasteiger partial charge in [0.05, 0.1) is 0 Å². The van der Waals surface area contributed by atoms with Crippen molar-refractivity contribution in [1.82, 2.24) is 15.0 Å². The molecule has 0 aromatic carbocycles. The standard InChI is InChI=1S/C12H12ClN3OS/c1-2-17-8-10-15-9(13)7-12(16-10)18-11-5-3-4-6-14-11/h3-7H,2,8H2,1H3. The monoisotopic (exact) mass is 281 g/mol. The summed E-state index contributed by atoms with van der Waals surface area (Å²) in [6.07, 6.45) is 1.74. The third-order valence-electron chi connectivity index (χ3n) is 2.00. The highest BCUT2D eigenvalue weighted by molar-refractivity contribution is 7.99. The summed E-state index contributed by atoms with van der Waals surface area (Å²) >= 11 is 7.40. The van der Waals surface area contributed by atoms with E-state index in [9.17, 15) is 0 Å². The molecule has 0 N–H and O–H groups in total. The van der Waals surface area contributed by atoms with Crippen molar-refractivity contribution in [2.45, 2.75) is 23.6 Å². The first-order chi connectivity index (χ1) is 8.78. The van der Waals surface area contributed by atoms with Crippen LogP contribution in [0.2, 0.25) is 5.15 Å². The lowest BCUT2D eigenvalue weighted by molar-refractivity contribution is 0.128. The van der Waals surface area contributed by atoms with E-state index in [1.807, 2.05) is 25.1 Å². The van der Waals surface area contributed by atoms with E-state index < -0.39 is 0 Å². The van der Waals surface area contributed by atoms with Crippen molar-refractivity contribution in [3.05, 3.63) is 41.4 Å². The van der Waals surface area contributed by atoms with Gasteiger partial charge in [0.25, 0.3) is 0 Å². The summed E-state index contributed by atoms with van der Waals surface area (Å²) in [5.41, 5.74) is 0. The predicted molar refractivity (Wildman–Crippen MR) is 70.7 cm³/mol. The average Bonchev–Trinajstić information content (AvgIpc) is 2.37. The lowest BCUT2D eigenvalue weighted by Gasteiger charge is -2.04. The Morgan fingerprint density at radius 1 is 1.28 bits per heavy atom. The van der Waals surface area contributed by atoms with Crippen molar-refractivity contribution in [1.29, 1.82) is 0 Å². The highest BCUT2D eigenvalue weighted by Gasteiger charge is 2.05. The second kappa shape index (κ2) is 6.68. The van der Waals surface area contributed by atoms with Gasteiger partial charge in [-0.25, -0.2) is 15.0 Å². The molecule has 2 aromatic rings. The van der Waals surface area contributed by atoms with Crippen molar-refractivity contribution in [3.8, 4) is 0 Å². The minimum absolute atomic E-state index is 0.368. The second-order valence-electron chi connectivity index (χ2n) is 3.35. The number of rotatable bonds is 5. The van der Waals surface area contributed by atoms with Crippen molar-refractivity contribution in [3.63, 3.8) is 0 Å². The maximum absolute atomic E-state index is 5.95. The average molecular weight is 282 g/mol. The van der Waals surface area contributed by atoms with Crippen LogP contribution >= 0.6 is 23.4 Å². The molecule has 0 spiro atoms. The number of halogens is 1. The number of pyridine rings is 1. The summed E-state index contributed by atoms with van der Waals surface area (Å²) in [6, 6.07) is 7.44. The van der Waals surface area contributed by atoms with Gasteiger partial charge in [-0.1, -0.05) is 17.7 Å². The number of hydrogen-bond donors (Lipinski definition) is 0. The first-order valence-electron chi connectivity index (χ1n) is 5.48. The fourth-order valence-corrected chi connectivity index (χ4v) is 2.33. The summed E-state index contributed by atoms with van der Waals surface area (Å²) < 4.78 is 5.27. The number of nitrogens with zero attached hydrogens (tertiary/aromatic N) is 3. The van der Waals surface area contributed by atoms with Gasteiger partial charge in [0.2, 0.25) is 0 Å². The van der Waals surface area contributed by atoms with E-state index in [2.05, 4.69) is 15.0 Å². The van der Waals surface area contributed by atoms with Crippen molar-refractivity contribution in [2.75, 3.05) is 6.61 Å². The van der Waals surface area contributed by atoms with Crippen LogP contribution in [-0.2, 0) is 11.3 Å². The molecule has 2 aromatic heterocycles. The smallest absolute Gasteiger partial charge is 0.157 e. The number of ether oxygens (including phenoxy) is 1. The molecule has 0 fully saturated rings. The van der Waals surface area contributed by atoms with Crippen LogP contribution in [0.15, 0.2) is 40.5 Å². The van der Waals surface area contributed by atoms with Crippen LogP contribution < -0.4 is 0 Å². The van der Waals surface area contributed by atoms with Gasteiger partial charge in [0.15, 0.2) is 5.82 Å². The molecular weight excluding hydrogens is 270 g/mol. The maximum atomic E-state index is 5.95. The Balaban J connectivity index is 2.15. The molecule has 0 aliphatic heterocycles. The number of aromatic nitrogens is 3. The lowest BCUT2D eigenvalue weighted by atomic mass is 10.5. The normalized spacial score (nSPS) is 10.6. The van der Waals surface area contributed by atoms with Crippen LogP contribution in [0.5, 0.6) is 0 Å². The largest absolute Gasteiger partial charge is 0.374 e. The molecular formula is C12H12ClN3OS. The van der Waals surface area contributed by atoms with Crippen LogP contribution in [0.4, 0.5) is 0 Å². The van der Waals surface area contributed by atoms with Gasteiger partial charge in [-0.2, -0.15) is 0 Å². The van der Waals surface area contributed by atoms with Crippen LogP contribution in [-0.4, -0.2) is 21.6 Å². The molecule has 0 atom stereocenters. The zero-order valence-electron chi connectivity index (χ0n) is 9.84. The maximum Gasteiger partial charge on any atom is 0.157 e. The SMILES string of the molecule is CCOCc1nc(Cl)cc(Sc2ccccn2)n1. The molecule has 0 unspecified atom stereocenters. The minimum Gasteiger partial charge on any atom is -0.374 e. The Hall–Kier alpha value is -1.17. The van der Waals surface area contributed by atoms with Gasteiger partial charge in [0.1, 0.15) is 21.8 Å². The zero-order valence-corrected chi connectivity index (χ0v) is 11.4. The lowest BCUT2D eigenvalue weighted by Crippen LogP contribution is -2.00. The van der Waals surface area contributed by atoms with Crippen molar-refractivity contribution < 1.29 is 4.74 Å². The highest BCUT2D eigenvalue weighted by Crippen LogP contribution is 2.25. The highest BCUT2D eigenvalue weighted by atomic mass is 35.5. The fourth-order valence-electron chi connectivity index (χ4n) is 1.27. The summed E-state index contributed by atoms with van der Waals surface area (Å²) in [7, 11) is 0. The van der Waals surface area contributed by atoms with E-state index in [0.717, 1.165) is 10.1 Å². The Morgan fingerprint density at radius 3 is 2.89 bits per heavy atom. The Morgan fingerprint density at radius 2 is 2.17 bits per heavy atom. The van der Waals surface area contributed by atoms with Crippen LogP contribution in [0, 0.1) is 0 Å². The Bertz CT molecular complexity index is 510. The minimum atomic E-state index is 0.368. The van der Waals surface area contributed by atoms with E-state index >= 15 is 0 Å². The summed E-state index contributed by atoms with van der Waals surface area (Å²) in [5.74, 6) is 0.586. The molecule has 2 heterocycles. The quantitative estimate of drug-likeness (QED) is 0.788. The van der Waals surface area contributed by atoms with E-state index in [-0.39, 0.29) is 0 Å². The second-order valence-corrected chi connectivity index (χ2v) is 4.78. The summed E-state index contributed by atoms with van der Waals surface area (Å²) in [4.78, 5) is 12.7. The Labute approximate surface area is 115 Å². The van der Waals surface area contributed by atoms with E-state index in [0.29, 0.717) is 24.2 Å². The van der Waals surface area contributed by atoms with Crippen LogP contribution in [0.1, 0.15) is 12.7 Å². The van der Waals surface area contributed by atoms with Gasteiger partial charge in [-0.05, 0) is 30.8 Å². The summed E-state index contributed by atoms with van der Waals surface area (Å²) in [5, 5.41) is 2.05. The van der Waals surface area contributed by atoms with Gasteiger partial charge in [-0.15, -0.1) is 0 Å². The van der Waals surface area contributed by atoms with Crippen molar-refractivity contribution >= 4 is 23.4 Å². The first-order valence-corrected chi connectivity index (χ1v) is 6.67. The molecule has 6 heteroatoms. The molecule has 0 amide bonds. The Kier molecular flexibility index (Phi) is 4.92. The van der Waals surface area contributed by atoms with Gasteiger partial charge >= 0.3 is 0 Å². The topological polar surface area (TPSA) is 47.9 Å². The molecule has 2 rings (SSSR count). The predicted octanol–water partition coefficient (Wildman–Crippen LogP) is 3.21. The van der Waals surface area contributed by atoms with Crippen molar-refractivity contribution in [2.24, 2.45) is 0 Å². The first kappa shape index (κ1) is 13.3. The third-order valence-corrected chi connectivity index (χ3v) is 3.06. The zero-order chi connectivity index (χ0) is 12.8. The fraction of sp³-hybridized carbons (Fsp3) is 0.250. The molecule has 4 nitrogen and oxygen atoms in total. The van der Waals surface area contributed by atoms with E-state index in [1.54, 1.807) is 12.3 Å². The van der Waals surface area contributed by atoms with Crippen LogP contribution in [0.3, 0.4) is 0 Å². The molecule has 18 heavy (non-hydrogen) atoms. The third kappa shape index (κ3) is 3.94. The summed E-state index contributed by atoms with van der Waals surface area (Å²) in [6.45, 7) is 2.92. The number of hydrogen-bond acceptors (Lipinski definition) is 5. The van der Waals surface area contributed by atoms with E-state index in [4.69, 9.17) is 16.3 Å². The molecule has 0 bridgehead atoms. The van der Waals surface area contributed by atoms with Gasteiger partial charge in [0, 0.05) is 18.9 Å². The molecule has 0 saturated carbocycles. The molecule has 94 valence electrons. The molecule has 0 saturated heterocycles. The van der Waals surface area contributed by atoms with E-state index in [1.165, 1.54) is 11.8 Å². The molecule has 0 radical (unpaired) electrons. The van der Waals surface area contributed by atoms with Crippen LogP contribution in [0.25, 0.3) is 0 Å². The van der Waals surface area contributed by atoms with Gasteiger partial charge in [-0.3, -0.25) is 0 Å². The molecule has 0 aliphatic rings.